The van der Waals surface area contributed by atoms with E-state index in [9.17, 15) is 9.90 Å². The van der Waals surface area contributed by atoms with Crippen molar-refractivity contribution in [2.24, 2.45) is 5.10 Å². The summed E-state index contributed by atoms with van der Waals surface area (Å²) < 4.78 is 5.96. The molecule has 0 saturated carbocycles. The van der Waals surface area contributed by atoms with Crippen LogP contribution in [0.2, 0.25) is 0 Å². The first-order chi connectivity index (χ1) is 14.8. The first-order valence-corrected chi connectivity index (χ1v) is 9.56. The number of aromatic hydroxyl groups is 1. The van der Waals surface area contributed by atoms with E-state index in [1.807, 2.05) is 12.1 Å². The highest BCUT2D eigenvalue weighted by Gasteiger charge is 2.32. The van der Waals surface area contributed by atoms with Crippen LogP contribution in [0.1, 0.15) is 27.8 Å². The quantitative estimate of drug-likeness (QED) is 0.668. The zero-order valence-corrected chi connectivity index (χ0v) is 17.4. The minimum absolute atomic E-state index is 0.0652. The van der Waals surface area contributed by atoms with Crippen molar-refractivity contribution < 1.29 is 14.6 Å². The van der Waals surface area contributed by atoms with Crippen molar-refractivity contribution in [2.75, 3.05) is 26.9 Å². The van der Waals surface area contributed by atoms with Gasteiger partial charge in [0.25, 0.3) is 5.91 Å². The molecule has 9 nitrogen and oxygen atoms in total. The van der Waals surface area contributed by atoms with E-state index in [0.29, 0.717) is 22.5 Å². The largest absolute Gasteiger partial charge is 0.507 e. The minimum atomic E-state index is -0.698. The summed E-state index contributed by atoms with van der Waals surface area (Å²) in [5.74, 6) is 0.471. The van der Waals surface area contributed by atoms with E-state index in [-0.39, 0.29) is 23.4 Å². The molecule has 1 aliphatic rings. The Morgan fingerprint density at radius 3 is 2.55 bits per heavy atom. The van der Waals surface area contributed by atoms with E-state index in [0.717, 1.165) is 5.56 Å². The number of ether oxygens (including phenoxy) is 1. The first-order valence-electron chi connectivity index (χ1n) is 9.56. The third-order valence-corrected chi connectivity index (χ3v) is 4.84. The Balaban J connectivity index is 1.62. The van der Waals surface area contributed by atoms with Gasteiger partial charge in [-0.05, 0) is 24.3 Å². The Morgan fingerprint density at radius 2 is 1.87 bits per heavy atom. The van der Waals surface area contributed by atoms with Gasteiger partial charge in [0.05, 0.1) is 17.5 Å². The van der Waals surface area contributed by atoms with Crippen molar-refractivity contribution >= 4 is 17.6 Å². The molecule has 158 valence electrons. The molecule has 2 heterocycles. The summed E-state index contributed by atoms with van der Waals surface area (Å²) >= 11 is 0. The standard InChI is InChI=1S/C22H22N6O3/c1-27(2)21(30)14-10-8-13(9-11-14)16-12-24-19(23)18(25-16)22-28(3)26-20(31-22)15-6-4-5-7-17(15)29/h4-12,22,29H,1-3H3,(H2,23,24). The predicted molar refractivity (Wildman–Crippen MR) is 116 cm³/mol. The Labute approximate surface area is 179 Å². The van der Waals surface area contributed by atoms with E-state index in [2.05, 4.69) is 15.1 Å². The zero-order valence-electron chi connectivity index (χ0n) is 17.4. The van der Waals surface area contributed by atoms with Crippen molar-refractivity contribution in [1.82, 2.24) is 19.9 Å². The number of carbonyl (C=O) groups is 1. The molecule has 1 atom stereocenters. The van der Waals surface area contributed by atoms with Gasteiger partial charge in [-0.25, -0.2) is 9.97 Å². The zero-order chi connectivity index (χ0) is 22.1. The van der Waals surface area contributed by atoms with Gasteiger partial charge in [0.15, 0.2) is 5.82 Å². The van der Waals surface area contributed by atoms with Gasteiger partial charge < -0.3 is 20.5 Å². The number of aromatic nitrogens is 2. The summed E-state index contributed by atoms with van der Waals surface area (Å²) in [7, 11) is 5.14. The second kappa shape index (κ2) is 7.94. The Hall–Kier alpha value is -4.14. The number of rotatable bonds is 4. The number of nitrogens with two attached hydrogens (primary N) is 1. The molecular weight excluding hydrogens is 396 g/mol. The molecule has 1 aliphatic heterocycles. The maximum atomic E-state index is 12.1. The van der Waals surface area contributed by atoms with Crippen LogP contribution in [0.5, 0.6) is 5.75 Å². The summed E-state index contributed by atoms with van der Waals surface area (Å²) in [6.45, 7) is 0. The highest BCUT2D eigenvalue weighted by atomic mass is 16.5. The Bertz CT molecular complexity index is 1160. The van der Waals surface area contributed by atoms with E-state index >= 15 is 0 Å². The molecule has 1 amide bonds. The van der Waals surface area contributed by atoms with Gasteiger partial charge in [-0.2, -0.15) is 0 Å². The van der Waals surface area contributed by atoms with Gasteiger partial charge in [0, 0.05) is 32.3 Å². The number of amides is 1. The third-order valence-electron chi connectivity index (χ3n) is 4.84. The molecule has 0 spiro atoms. The maximum absolute atomic E-state index is 12.1. The van der Waals surface area contributed by atoms with Crippen LogP contribution in [0, 0.1) is 0 Å². The first kappa shape index (κ1) is 20.1. The Kier molecular flexibility index (Phi) is 5.16. The molecule has 0 bridgehead atoms. The molecule has 0 aliphatic carbocycles. The van der Waals surface area contributed by atoms with E-state index < -0.39 is 6.23 Å². The van der Waals surface area contributed by atoms with Crippen LogP contribution in [0.4, 0.5) is 5.82 Å². The number of hydrogen-bond acceptors (Lipinski definition) is 8. The number of hydrogen-bond donors (Lipinski definition) is 2. The molecule has 9 heteroatoms. The Morgan fingerprint density at radius 1 is 1.16 bits per heavy atom. The second-order valence-electron chi connectivity index (χ2n) is 7.27. The lowest BCUT2D eigenvalue weighted by Gasteiger charge is -2.19. The number of nitrogens with zero attached hydrogens (tertiary/aromatic N) is 5. The number of phenols is 1. The normalized spacial score (nSPS) is 15.4. The molecule has 1 aromatic heterocycles. The van der Waals surface area contributed by atoms with Crippen molar-refractivity contribution in [1.29, 1.82) is 0 Å². The summed E-state index contributed by atoms with van der Waals surface area (Å²) in [5, 5.41) is 16.0. The van der Waals surface area contributed by atoms with Crippen LogP contribution in [0.25, 0.3) is 11.3 Å². The van der Waals surface area contributed by atoms with Crippen LogP contribution in [0.15, 0.2) is 59.8 Å². The molecule has 3 aromatic rings. The minimum Gasteiger partial charge on any atom is -0.507 e. The molecule has 0 saturated heterocycles. The molecule has 0 radical (unpaired) electrons. The lowest BCUT2D eigenvalue weighted by molar-refractivity contribution is 0.0743. The summed E-state index contributed by atoms with van der Waals surface area (Å²) in [6, 6.07) is 13.9. The maximum Gasteiger partial charge on any atom is 0.253 e. The molecule has 2 aromatic carbocycles. The van der Waals surface area contributed by atoms with Crippen LogP contribution >= 0.6 is 0 Å². The fourth-order valence-corrected chi connectivity index (χ4v) is 3.18. The molecule has 4 rings (SSSR count). The number of carbonyl (C=O) groups excluding carboxylic acids is 1. The number of benzene rings is 2. The summed E-state index contributed by atoms with van der Waals surface area (Å²) in [4.78, 5) is 22.5. The number of para-hydroxylation sites is 1. The average molecular weight is 418 g/mol. The lowest BCUT2D eigenvalue weighted by Crippen LogP contribution is -2.21. The summed E-state index contributed by atoms with van der Waals surface area (Å²) in [5.41, 5.74) is 8.92. The fourth-order valence-electron chi connectivity index (χ4n) is 3.18. The predicted octanol–water partition coefficient (Wildman–Crippen LogP) is 2.46. The number of hydrazone groups is 1. The molecule has 0 fully saturated rings. The van der Waals surface area contributed by atoms with Gasteiger partial charge in [-0.15, -0.1) is 5.10 Å². The van der Waals surface area contributed by atoms with Crippen molar-refractivity contribution in [3.8, 4) is 17.0 Å². The van der Waals surface area contributed by atoms with Crippen molar-refractivity contribution in [2.45, 2.75) is 6.23 Å². The molecule has 3 N–H and O–H groups in total. The van der Waals surface area contributed by atoms with Crippen LogP contribution < -0.4 is 5.73 Å². The van der Waals surface area contributed by atoms with Crippen molar-refractivity contribution in [3.05, 3.63) is 71.5 Å². The van der Waals surface area contributed by atoms with E-state index in [4.69, 9.17) is 10.5 Å². The number of anilines is 1. The average Bonchev–Trinajstić information content (AvgIpc) is 3.15. The van der Waals surface area contributed by atoms with Gasteiger partial charge in [0.2, 0.25) is 12.1 Å². The van der Waals surface area contributed by atoms with Crippen molar-refractivity contribution in [3.63, 3.8) is 0 Å². The van der Waals surface area contributed by atoms with Gasteiger partial charge >= 0.3 is 0 Å². The van der Waals surface area contributed by atoms with E-state index in [1.54, 1.807) is 68.7 Å². The molecule has 1 unspecified atom stereocenters. The van der Waals surface area contributed by atoms with Crippen LogP contribution in [0.3, 0.4) is 0 Å². The highest BCUT2D eigenvalue weighted by Crippen LogP contribution is 2.33. The lowest BCUT2D eigenvalue weighted by atomic mass is 10.1. The second-order valence-corrected chi connectivity index (χ2v) is 7.27. The molecule has 31 heavy (non-hydrogen) atoms. The molecular formula is C22H22N6O3. The van der Waals surface area contributed by atoms with Crippen LogP contribution in [-0.4, -0.2) is 57.9 Å². The summed E-state index contributed by atoms with van der Waals surface area (Å²) in [6.07, 6.45) is 0.873. The SMILES string of the molecule is CN(C)C(=O)c1ccc(-c2cnc(N)c(C3OC(c4ccccc4O)=NN3C)n2)cc1. The highest BCUT2D eigenvalue weighted by molar-refractivity contribution is 5.97. The fraction of sp³-hybridized carbons (Fsp3) is 0.182. The third kappa shape index (κ3) is 3.85. The topological polar surface area (TPSA) is 117 Å². The van der Waals surface area contributed by atoms with Crippen LogP contribution in [-0.2, 0) is 4.74 Å². The number of phenolic OH excluding ortho intramolecular Hbond substituents is 1. The van der Waals surface area contributed by atoms with Gasteiger partial charge in [0.1, 0.15) is 11.4 Å². The smallest absolute Gasteiger partial charge is 0.253 e. The monoisotopic (exact) mass is 418 g/mol. The van der Waals surface area contributed by atoms with Gasteiger partial charge in [-0.1, -0.05) is 24.3 Å². The van der Waals surface area contributed by atoms with Gasteiger partial charge in [-0.3, -0.25) is 9.80 Å². The number of nitrogen functional groups attached to an aromatic ring is 1. The van der Waals surface area contributed by atoms with E-state index in [1.165, 1.54) is 4.90 Å².